The molecule has 58 heavy (non-hydrogen) atoms. The Balaban J connectivity index is 0.991. The maximum Gasteiger partial charge on any atom is 0.242 e. The van der Waals surface area contributed by atoms with Gasteiger partial charge < -0.3 is 41.4 Å². The molecule has 318 valence electrons. The van der Waals surface area contributed by atoms with Crippen LogP contribution in [0.15, 0.2) is 48.1 Å². The number of hydrogen-bond donors (Lipinski definition) is 6. The number of Topliss-reactive ketones (excluding diaryl/α,β-unsaturated/α-hetero) is 1. The number of nitrogens with two attached hydrogens (primary N) is 1. The van der Waals surface area contributed by atoms with E-state index in [1.165, 1.54) is 19.1 Å². The van der Waals surface area contributed by atoms with Crippen molar-refractivity contribution < 1.29 is 47.6 Å². The quantitative estimate of drug-likeness (QED) is 0.152. The van der Waals surface area contributed by atoms with Gasteiger partial charge in [0.25, 0.3) is 0 Å². The smallest absolute Gasteiger partial charge is 0.242 e. The monoisotopic (exact) mass is 810 g/mol. The number of aliphatic hydroxyl groups is 2. The largest absolute Gasteiger partial charge is 0.390 e. The van der Waals surface area contributed by atoms with Gasteiger partial charge in [-0.25, -0.2) is 8.78 Å². The van der Waals surface area contributed by atoms with Gasteiger partial charge in [0, 0.05) is 28.4 Å². The minimum atomic E-state index is -2.31. The molecule has 0 radical (unpaired) electrons. The third-order valence-corrected chi connectivity index (χ3v) is 14.9. The number of ketones is 2. The summed E-state index contributed by atoms with van der Waals surface area (Å²) in [5.74, 6) is -2.78. The number of ether oxygens (including phenoxy) is 2. The first-order valence-electron chi connectivity index (χ1n) is 21.1. The highest BCUT2D eigenvalue weighted by molar-refractivity contribution is 6.01. The molecule has 12 nitrogen and oxygen atoms in total. The van der Waals surface area contributed by atoms with Gasteiger partial charge >= 0.3 is 0 Å². The van der Waals surface area contributed by atoms with Crippen LogP contribution in [0.1, 0.15) is 95.5 Å². The summed E-state index contributed by atoms with van der Waals surface area (Å²) in [6.07, 6.45) is 5.03. The summed E-state index contributed by atoms with van der Waals surface area (Å²) >= 11 is 0. The van der Waals surface area contributed by atoms with Gasteiger partial charge in [-0.2, -0.15) is 0 Å². The number of carbonyl (C=O) groups is 4. The number of nitrogens with one attached hydrogen (secondary N) is 3. The van der Waals surface area contributed by atoms with Crippen LogP contribution in [0.5, 0.6) is 0 Å². The predicted octanol–water partition coefficient (Wildman–Crippen LogP) is 3.38. The van der Waals surface area contributed by atoms with Crippen LogP contribution in [0.25, 0.3) is 0 Å². The number of unbranched alkanes of at least 4 members (excludes halogenated alkanes) is 1. The van der Waals surface area contributed by atoms with Crippen molar-refractivity contribution in [2.24, 2.45) is 34.3 Å². The molecule has 5 aliphatic carbocycles. The highest BCUT2D eigenvalue weighted by Crippen LogP contribution is 2.72. The molecular formula is C44H60F2N4O8. The average Bonchev–Trinajstić information content (AvgIpc) is 3.71. The second-order valence-corrected chi connectivity index (χ2v) is 18.1. The summed E-state index contributed by atoms with van der Waals surface area (Å²) in [5, 5.41) is 31.1. The Kier molecular flexibility index (Phi) is 12.2. The van der Waals surface area contributed by atoms with Crippen molar-refractivity contribution in [1.29, 1.82) is 0 Å². The summed E-state index contributed by atoms with van der Waals surface area (Å²) in [6.45, 7) is 3.13. The normalized spacial score (nSPS) is 39.4. The van der Waals surface area contributed by atoms with Crippen LogP contribution in [0.3, 0.4) is 0 Å². The van der Waals surface area contributed by atoms with Crippen molar-refractivity contribution in [2.45, 2.75) is 132 Å². The number of rotatable bonds is 14. The van der Waals surface area contributed by atoms with Crippen molar-refractivity contribution in [3.8, 4) is 0 Å². The van der Waals surface area contributed by atoms with Gasteiger partial charge in [0.05, 0.1) is 18.8 Å². The van der Waals surface area contributed by atoms with Crippen LogP contribution in [0.2, 0.25) is 0 Å². The SMILES string of the molecule is CNCCCC[C@H](NC(=O)CN)C(=O)NC1CCC(Cc2ccc([C@@H]3O[C@@H]4C[C@H]5[C@@H]6C[C@H](F)C7=CC(=O)C=C[C@]7(C)[C@@]6(F)[C@@H](O)C[C@]5(C)[C@]4(C(=O)CO)O3)cc2)CC1. The molecule has 5 fully saturated rings. The molecule has 1 aromatic carbocycles. The number of aliphatic hydroxyl groups excluding tert-OH is 2. The average molecular weight is 811 g/mol. The van der Waals surface area contributed by atoms with Crippen LogP contribution in [-0.2, 0) is 35.1 Å². The van der Waals surface area contributed by atoms with E-state index in [9.17, 15) is 29.4 Å². The summed E-state index contributed by atoms with van der Waals surface area (Å²) in [5.41, 5.74) is 0.545. The minimum Gasteiger partial charge on any atom is -0.390 e. The molecule has 14 heteroatoms. The molecule has 6 aliphatic rings. The molecular weight excluding hydrogens is 751 g/mol. The molecule has 4 saturated carbocycles. The molecule has 0 spiro atoms. The minimum absolute atomic E-state index is 0.0277. The standard InChI is InChI=1S/C44H60F2N4O8/c1-41-16-15-29(52)19-32(41)33(45)20-31-30-21-37-44(36(54)24-51,42(30,2)22-35(53)43(31,41)46)58-40(57-37)27-11-7-25(8-12-27)18-26-9-13-28(14-10-26)49-39(56)34(50-38(55)23-47)6-4-5-17-48-3/h7-8,11-12,15-16,19,26,28,30-31,33-35,37,40,48,51,53H,4-6,9-10,13-14,17-18,20-24,47H2,1-3H3,(H,49,56)(H,50,55)/t26?,28?,30-,31-,33-,34-,35-,37+,40+,41-,42-,43-,44+/m0/s1. The van der Waals surface area contributed by atoms with E-state index in [4.69, 9.17) is 15.2 Å². The molecule has 0 aromatic heterocycles. The van der Waals surface area contributed by atoms with Crippen LogP contribution >= 0.6 is 0 Å². The highest BCUT2D eigenvalue weighted by atomic mass is 19.1. The zero-order chi connectivity index (χ0) is 41.6. The molecule has 1 aliphatic heterocycles. The van der Waals surface area contributed by atoms with Crippen molar-refractivity contribution in [2.75, 3.05) is 26.7 Å². The zero-order valence-electron chi connectivity index (χ0n) is 33.8. The Labute approximate surface area is 339 Å². The lowest BCUT2D eigenvalue weighted by atomic mass is 9.44. The number of benzene rings is 1. The predicted molar refractivity (Wildman–Crippen MR) is 210 cm³/mol. The molecule has 11 atom stereocenters. The van der Waals surface area contributed by atoms with E-state index in [1.807, 2.05) is 31.3 Å². The van der Waals surface area contributed by atoms with Crippen molar-refractivity contribution in [3.63, 3.8) is 0 Å². The summed E-state index contributed by atoms with van der Waals surface area (Å²) in [6, 6.07) is 7.24. The van der Waals surface area contributed by atoms with Gasteiger partial charge in [-0.05, 0) is 126 Å². The summed E-state index contributed by atoms with van der Waals surface area (Å²) in [7, 11) is 1.88. The van der Waals surface area contributed by atoms with Crippen molar-refractivity contribution in [3.05, 3.63) is 59.2 Å². The van der Waals surface area contributed by atoms with Gasteiger partial charge in [-0.3, -0.25) is 19.2 Å². The fraction of sp³-hybridized carbons (Fsp3) is 0.682. The number of alkyl halides is 2. The maximum atomic E-state index is 17.7. The first-order valence-corrected chi connectivity index (χ1v) is 21.1. The number of fused-ring (bicyclic) bond motifs is 7. The number of carbonyl (C=O) groups excluding carboxylic acids is 4. The van der Waals surface area contributed by atoms with E-state index < -0.39 is 82.8 Å². The third-order valence-electron chi connectivity index (χ3n) is 14.9. The van der Waals surface area contributed by atoms with Gasteiger partial charge in [0.1, 0.15) is 18.8 Å². The number of hydrogen-bond acceptors (Lipinski definition) is 10. The topological polar surface area (TPSA) is 189 Å². The highest BCUT2D eigenvalue weighted by Gasteiger charge is 2.80. The third kappa shape index (κ3) is 7.08. The van der Waals surface area contributed by atoms with Crippen LogP contribution in [-0.4, -0.2) is 102 Å². The Bertz CT molecular complexity index is 1800. The molecule has 1 heterocycles. The molecule has 2 amide bonds. The number of halogens is 2. The second kappa shape index (κ2) is 16.6. The van der Waals surface area contributed by atoms with E-state index in [-0.39, 0.29) is 49.2 Å². The van der Waals surface area contributed by atoms with E-state index in [1.54, 1.807) is 6.92 Å². The lowest BCUT2D eigenvalue weighted by molar-refractivity contribution is -0.235. The van der Waals surface area contributed by atoms with Crippen molar-refractivity contribution >= 4 is 23.4 Å². The van der Waals surface area contributed by atoms with Gasteiger partial charge in [-0.1, -0.05) is 37.3 Å². The fourth-order valence-corrected chi connectivity index (χ4v) is 11.8. The van der Waals surface area contributed by atoms with Crippen LogP contribution in [0.4, 0.5) is 8.78 Å². The first kappa shape index (κ1) is 42.7. The molecule has 1 saturated heterocycles. The number of allylic oxidation sites excluding steroid dienone is 4. The van der Waals surface area contributed by atoms with Gasteiger partial charge in [0.15, 0.2) is 29.1 Å². The molecule has 7 N–H and O–H groups in total. The van der Waals surface area contributed by atoms with Gasteiger partial charge in [-0.15, -0.1) is 0 Å². The maximum absolute atomic E-state index is 17.7. The fourth-order valence-electron chi connectivity index (χ4n) is 11.8. The summed E-state index contributed by atoms with van der Waals surface area (Å²) in [4.78, 5) is 51.2. The Morgan fingerprint density at radius 1 is 1.05 bits per heavy atom. The molecule has 0 bridgehead atoms. The second-order valence-electron chi connectivity index (χ2n) is 18.1. The van der Waals surface area contributed by atoms with Crippen LogP contribution < -0.4 is 21.7 Å². The Hall–Kier alpha value is -3.40. The zero-order valence-corrected chi connectivity index (χ0v) is 33.8. The lowest BCUT2D eigenvalue weighted by Gasteiger charge is -2.63. The summed E-state index contributed by atoms with van der Waals surface area (Å²) < 4.78 is 46.8. The van der Waals surface area contributed by atoms with Crippen LogP contribution in [0, 0.1) is 28.6 Å². The number of amides is 2. The lowest BCUT2D eigenvalue weighted by Crippen LogP contribution is -2.70. The van der Waals surface area contributed by atoms with Crippen molar-refractivity contribution in [1.82, 2.24) is 16.0 Å². The molecule has 0 unspecified atom stereocenters. The van der Waals surface area contributed by atoms with Gasteiger partial charge in [0.2, 0.25) is 11.8 Å². The first-order chi connectivity index (χ1) is 27.6. The Morgan fingerprint density at radius 3 is 2.45 bits per heavy atom. The molecule has 7 rings (SSSR count). The molecule has 1 aromatic rings. The Morgan fingerprint density at radius 2 is 1.78 bits per heavy atom. The van der Waals surface area contributed by atoms with E-state index in [0.717, 1.165) is 63.1 Å². The van der Waals surface area contributed by atoms with E-state index >= 15 is 8.78 Å². The van der Waals surface area contributed by atoms with E-state index in [2.05, 4.69) is 16.0 Å². The van der Waals surface area contributed by atoms with E-state index in [0.29, 0.717) is 17.9 Å².